The lowest BCUT2D eigenvalue weighted by molar-refractivity contribution is -0.175. The highest BCUT2D eigenvalue weighted by Gasteiger charge is 2.40. The first kappa shape index (κ1) is 16.6. The Kier molecular flexibility index (Phi) is 4.66. The molecule has 3 rings (SSSR count). The number of piperidine rings is 1. The van der Waals surface area contributed by atoms with Gasteiger partial charge in [0.25, 0.3) is 11.8 Å². The van der Waals surface area contributed by atoms with E-state index in [1.165, 1.54) is 0 Å². The molecule has 1 fully saturated rings. The summed E-state index contributed by atoms with van der Waals surface area (Å²) in [5, 5.41) is 0.606. The fourth-order valence-electron chi connectivity index (χ4n) is 3.34. The second kappa shape index (κ2) is 6.73. The Hall–Kier alpha value is -2.21. The lowest BCUT2D eigenvalue weighted by atomic mass is 9.97. The van der Waals surface area contributed by atoms with E-state index in [-0.39, 0.29) is 17.0 Å². The molecule has 6 heteroatoms. The number of benzene rings is 1. The van der Waals surface area contributed by atoms with E-state index in [4.69, 9.17) is 4.84 Å². The molecule has 0 aliphatic carbocycles. The van der Waals surface area contributed by atoms with Crippen LogP contribution in [-0.4, -0.2) is 47.4 Å². The molecule has 2 aliphatic heterocycles. The average molecular weight is 330 g/mol. The average Bonchev–Trinajstić information content (AvgIpc) is 2.80. The number of rotatable bonds is 4. The fraction of sp³-hybridized carbons (Fsp3) is 0.500. The summed E-state index contributed by atoms with van der Waals surface area (Å²) >= 11 is 0. The predicted octanol–water partition coefficient (Wildman–Crippen LogP) is 2.11. The van der Waals surface area contributed by atoms with E-state index in [0.29, 0.717) is 17.5 Å². The summed E-state index contributed by atoms with van der Waals surface area (Å²) < 4.78 is 0. The van der Waals surface area contributed by atoms with Crippen molar-refractivity contribution in [1.29, 1.82) is 0 Å². The molecular weight excluding hydrogens is 308 g/mol. The summed E-state index contributed by atoms with van der Waals surface area (Å²) in [6.07, 6.45) is 1.63. The van der Waals surface area contributed by atoms with Gasteiger partial charge in [-0.1, -0.05) is 31.0 Å². The second-order valence-electron chi connectivity index (χ2n) is 6.85. The van der Waals surface area contributed by atoms with Crippen molar-refractivity contribution in [2.75, 3.05) is 19.6 Å². The van der Waals surface area contributed by atoms with Gasteiger partial charge in [-0.05, 0) is 37.4 Å². The second-order valence-corrected chi connectivity index (χ2v) is 6.85. The Morgan fingerprint density at radius 2 is 1.83 bits per heavy atom. The molecule has 0 bridgehead atoms. The van der Waals surface area contributed by atoms with Crippen molar-refractivity contribution < 1.29 is 19.2 Å². The van der Waals surface area contributed by atoms with Gasteiger partial charge < -0.3 is 9.74 Å². The summed E-state index contributed by atoms with van der Waals surface area (Å²) in [6.45, 7) is 6.79. The van der Waals surface area contributed by atoms with Crippen LogP contribution in [0.4, 0.5) is 0 Å². The zero-order valence-electron chi connectivity index (χ0n) is 14.0. The van der Waals surface area contributed by atoms with E-state index in [9.17, 15) is 14.4 Å². The minimum atomic E-state index is -0.571. The number of carbonyl (C=O) groups excluding carboxylic acids is 3. The molecule has 1 aromatic carbocycles. The zero-order valence-corrected chi connectivity index (χ0v) is 14.0. The quantitative estimate of drug-likeness (QED) is 0.791. The normalized spacial score (nSPS) is 21.3. The van der Waals surface area contributed by atoms with Crippen molar-refractivity contribution in [3.05, 3.63) is 35.4 Å². The number of carbonyl (C=O) groups is 3. The van der Waals surface area contributed by atoms with Crippen LogP contribution in [0.1, 0.15) is 47.4 Å². The van der Waals surface area contributed by atoms with Gasteiger partial charge in [-0.2, -0.15) is 0 Å². The lowest BCUT2D eigenvalue weighted by Crippen LogP contribution is -2.43. The Balaban J connectivity index is 1.65. The molecule has 1 aromatic rings. The van der Waals surface area contributed by atoms with Gasteiger partial charge in [0.15, 0.2) is 0 Å². The smallest absolute Gasteiger partial charge is 0.329 e. The third kappa shape index (κ3) is 3.19. The van der Waals surface area contributed by atoms with Gasteiger partial charge in [-0.25, -0.2) is 4.79 Å². The zero-order chi connectivity index (χ0) is 17.3. The van der Waals surface area contributed by atoms with Gasteiger partial charge in [-0.3, -0.25) is 9.59 Å². The first-order valence-corrected chi connectivity index (χ1v) is 8.39. The summed E-state index contributed by atoms with van der Waals surface area (Å²) in [5.74, 6) is -1.42. The third-order valence-electron chi connectivity index (χ3n) is 4.40. The van der Waals surface area contributed by atoms with Gasteiger partial charge >= 0.3 is 5.97 Å². The van der Waals surface area contributed by atoms with Crippen molar-refractivity contribution in [2.24, 2.45) is 11.8 Å². The maximum Gasteiger partial charge on any atom is 0.337 e. The van der Waals surface area contributed by atoms with Crippen LogP contribution in [0.3, 0.4) is 0 Å². The summed E-state index contributed by atoms with van der Waals surface area (Å²) in [5.41, 5.74) is 0.556. The van der Waals surface area contributed by atoms with Crippen LogP contribution in [0, 0.1) is 11.8 Å². The number of imide groups is 1. The molecule has 0 aromatic heterocycles. The number of likely N-dealkylation sites (tertiary alicyclic amines) is 1. The first-order chi connectivity index (χ1) is 11.5. The molecule has 0 N–H and O–H groups in total. The minimum absolute atomic E-state index is 0.278. The fourth-order valence-corrected chi connectivity index (χ4v) is 3.34. The number of nitrogens with zero attached hydrogens (tertiary/aromatic N) is 2. The predicted molar refractivity (Wildman–Crippen MR) is 87.0 cm³/mol. The summed E-state index contributed by atoms with van der Waals surface area (Å²) in [6, 6.07) is 6.49. The molecular formula is C18H22N2O4. The maximum atomic E-state index is 12.4. The van der Waals surface area contributed by atoms with Crippen LogP contribution in [0.15, 0.2) is 24.3 Å². The molecule has 2 aliphatic rings. The van der Waals surface area contributed by atoms with E-state index < -0.39 is 17.8 Å². The number of hydrogen-bond acceptors (Lipinski definition) is 5. The van der Waals surface area contributed by atoms with Crippen LogP contribution in [-0.2, 0) is 9.63 Å². The molecule has 128 valence electrons. The highest BCUT2D eigenvalue weighted by molar-refractivity contribution is 6.20. The summed E-state index contributed by atoms with van der Waals surface area (Å²) in [4.78, 5) is 44.4. The Labute approximate surface area is 141 Å². The van der Waals surface area contributed by atoms with E-state index in [1.54, 1.807) is 24.3 Å². The van der Waals surface area contributed by atoms with Gasteiger partial charge in [-0.15, -0.1) is 0 Å². The van der Waals surface area contributed by atoms with Gasteiger partial charge in [0.1, 0.15) is 0 Å². The largest absolute Gasteiger partial charge is 0.337 e. The molecule has 2 heterocycles. The maximum absolute atomic E-state index is 12.4. The van der Waals surface area contributed by atoms with Crippen molar-refractivity contribution in [3.63, 3.8) is 0 Å². The monoisotopic (exact) mass is 330 g/mol. The van der Waals surface area contributed by atoms with E-state index in [0.717, 1.165) is 25.9 Å². The van der Waals surface area contributed by atoms with Crippen molar-refractivity contribution in [2.45, 2.75) is 26.7 Å². The van der Waals surface area contributed by atoms with Crippen molar-refractivity contribution in [3.8, 4) is 0 Å². The lowest BCUT2D eigenvalue weighted by Gasteiger charge is -2.32. The molecule has 1 atom stereocenters. The topological polar surface area (TPSA) is 66.9 Å². The van der Waals surface area contributed by atoms with Gasteiger partial charge in [0.05, 0.1) is 17.0 Å². The Morgan fingerprint density at radius 3 is 2.42 bits per heavy atom. The van der Waals surface area contributed by atoms with Crippen LogP contribution in [0.25, 0.3) is 0 Å². The van der Waals surface area contributed by atoms with Crippen molar-refractivity contribution in [1.82, 2.24) is 9.96 Å². The van der Waals surface area contributed by atoms with Gasteiger partial charge in [0.2, 0.25) is 0 Å². The highest BCUT2D eigenvalue weighted by Crippen LogP contribution is 2.25. The number of hydroxylamine groups is 2. The highest BCUT2D eigenvalue weighted by atomic mass is 16.7. The molecule has 1 saturated heterocycles. The van der Waals surface area contributed by atoms with Gasteiger partial charge in [0, 0.05) is 13.1 Å². The Bertz CT molecular complexity index is 636. The van der Waals surface area contributed by atoms with E-state index >= 15 is 0 Å². The standard InChI is InChI=1S/C18H22N2O4/c1-12(2)10-19-9-5-6-13(11-19)18(23)24-20-16(21)14-7-3-4-8-15(14)17(20)22/h3-4,7-8,12-13H,5-6,9-11H2,1-2H3. The van der Waals surface area contributed by atoms with Crippen LogP contribution < -0.4 is 0 Å². The molecule has 0 saturated carbocycles. The summed E-state index contributed by atoms with van der Waals surface area (Å²) in [7, 11) is 0. The number of amides is 2. The number of fused-ring (bicyclic) bond motifs is 1. The minimum Gasteiger partial charge on any atom is -0.329 e. The molecule has 6 nitrogen and oxygen atoms in total. The van der Waals surface area contributed by atoms with Crippen molar-refractivity contribution >= 4 is 17.8 Å². The van der Waals surface area contributed by atoms with E-state index in [2.05, 4.69) is 18.7 Å². The Morgan fingerprint density at radius 1 is 1.21 bits per heavy atom. The molecule has 24 heavy (non-hydrogen) atoms. The van der Waals surface area contributed by atoms with E-state index in [1.807, 2.05) is 0 Å². The molecule has 0 radical (unpaired) electrons. The van der Waals surface area contributed by atoms with Crippen LogP contribution in [0.2, 0.25) is 0 Å². The molecule has 0 spiro atoms. The number of hydrogen-bond donors (Lipinski definition) is 0. The first-order valence-electron chi connectivity index (χ1n) is 8.39. The third-order valence-corrected chi connectivity index (χ3v) is 4.40. The molecule has 1 unspecified atom stereocenters. The van der Waals surface area contributed by atoms with Crippen LogP contribution >= 0.6 is 0 Å². The van der Waals surface area contributed by atoms with Crippen LogP contribution in [0.5, 0.6) is 0 Å². The molecule has 2 amide bonds. The SMILES string of the molecule is CC(C)CN1CCCC(C(=O)ON2C(=O)c3ccccc3C2=O)C1.